The maximum atomic E-state index is 12.5. The first-order valence-electron chi connectivity index (χ1n) is 16.3. The lowest BCUT2D eigenvalue weighted by Crippen LogP contribution is -2.54. The van der Waals surface area contributed by atoms with Gasteiger partial charge >= 0.3 is 5.97 Å². The summed E-state index contributed by atoms with van der Waals surface area (Å²) in [5.74, 6) is 0.383. The molecular weight excluding hydrogens is 560 g/mol. The van der Waals surface area contributed by atoms with Gasteiger partial charge in [0.05, 0.1) is 18.4 Å². The van der Waals surface area contributed by atoms with Crippen LogP contribution < -0.4 is 10.6 Å². The molecule has 0 radical (unpaired) electrons. The number of H-pyrrole nitrogens is 1. The Labute approximate surface area is 258 Å². The molecule has 10 heteroatoms. The van der Waals surface area contributed by atoms with Gasteiger partial charge in [0.1, 0.15) is 6.04 Å². The Kier molecular flexibility index (Phi) is 8.48. The Balaban J connectivity index is 0.951. The first-order valence-corrected chi connectivity index (χ1v) is 16.3. The molecular formula is C34H46N4O6. The SMILES string of the molecule is C[C@]12CC/C(=N\OCC(=O)NCC(=O)N[C@H](Cc3c[nH]c4ccccc34)C(=O)O)C[C@@H]1CC[C@@H]1[C@@H]2CC[C@]2(C)[C@H](O)CC[C@@H]12. The molecule has 0 saturated heterocycles. The number of nitrogens with one attached hydrogen (secondary N) is 3. The van der Waals surface area contributed by atoms with Crippen LogP contribution in [0.5, 0.6) is 0 Å². The summed E-state index contributed by atoms with van der Waals surface area (Å²) in [6.07, 6.45) is 11.4. The van der Waals surface area contributed by atoms with Gasteiger partial charge in [-0.05, 0) is 104 Å². The lowest BCUT2D eigenvalue weighted by Gasteiger charge is -2.60. The number of amides is 2. The molecule has 1 aromatic carbocycles. The largest absolute Gasteiger partial charge is 0.480 e. The van der Waals surface area contributed by atoms with Crippen molar-refractivity contribution in [1.82, 2.24) is 15.6 Å². The zero-order valence-electron chi connectivity index (χ0n) is 25.8. The van der Waals surface area contributed by atoms with Crippen LogP contribution in [-0.2, 0) is 25.6 Å². The summed E-state index contributed by atoms with van der Waals surface area (Å²) in [4.78, 5) is 45.2. The number of oxime groups is 1. The molecule has 0 aliphatic heterocycles. The number of hydrogen-bond acceptors (Lipinski definition) is 6. The number of carboxylic acids is 1. The third-order valence-corrected chi connectivity index (χ3v) is 12.0. The molecule has 44 heavy (non-hydrogen) atoms. The van der Waals surface area contributed by atoms with E-state index in [1.54, 1.807) is 6.20 Å². The number of aromatic nitrogens is 1. The summed E-state index contributed by atoms with van der Waals surface area (Å²) < 4.78 is 0. The smallest absolute Gasteiger partial charge is 0.326 e. The molecule has 2 amide bonds. The first-order chi connectivity index (χ1) is 21.1. The number of hydrogen-bond donors (Lipinski definition) is 5. The Morgan fingerprint density at radius 1 is 1.05 bits per heavy atom. The van der Waals surface area contributed by atoms with Gasteiger partial charge in [0, 0.05) is 23.5 Å². The minimum Gasteiger partial charge on any atom is -0.480 e. The topological polar surface area (TPSA) is 153 Å². The summed E-state index contributed by atoms with van der Waals surface area (Å²) in [6.45, 7) is 4.15. The average molecular weight is 607 g/mol. The van der Waals surface area contributed by atoms with E-state index in [0.29, 0.717) is 23.7 Å². The molecule has 1 heterocycles. The van der Waals surface area contributed by atoms with E-state index in [1.165, 1.54) is 19.3 Å². The molecule has 4 fully saturated rings. The lowest BCUT2D eigenvalue weighted by molar-refractivity contribution is -0.141. The van der Waals surface area contributed by atoms with E-state index in [9.17, 15) is 24.6 Å². The number of carbonyl (C=O) groups excluding carboxylic acids is 2. The van der Waals surface area contributed by atoms with Crippen LogP contribution >= 0.6 is 0 Å². The molecule has 0 bridgehead atoms. The minimum atomic E-state index is -1.15. The molecule has 10 nitrogen and oxygen atoms in total. The fourth-order valence-corrected chi connectivity index (χ4v) is 9.49. The van der Waals surface area contributed by atoms with Gasteiger partial charge in [0.25, 0.3) is 5.91 Å². The predicted octanol–water partition coefficient (Wildman–Crippen LogP) is 4.17. The summed E-state index contributed by atoms with van der Waals surface area (Å²) in [5, 5.41) is 30.6. The number of benzene rings is 1. The number of fused-ring (bicyclic) bond motifs is 6. The van der Waals surface area contributed by atoms with E-state index in [-0.39, 0.29) is 36.5 Å². The van der Waals surface area contributed by atoms with Crippen molar-refractivity contribution in [3.05, 3.63) is 36.0 Å². The second-order valence-electron chi connectivity index (χ2n) is 14.2. The van der Waals surface area contributed by atoms with Crippen molar-refractivity contribution >= 4 is 34.4 Å². The van der Waals surface area contributed by atoms with Crippen LogP contribution in [0.3, 0.4) is 0 Å². The highest BCUT2D eigenvalue weighted by Crippen LogP contribution is 2.66. The monoisotopic (exact) mass is 606 g/mol. The minimum absolute atomic E-state index is 0.0939. The van der Waals surface area contributed by atoms with Gasteiger partial charge in [0.15, 0.2) is 6.61 Å². The second-order valence-corrected chi connectivity index (χ2v) is 14.2. The van der Waals surface area contributed by atoms with Crippen LogP contribution in [0.15, 0.2) is 35.6 Å². The molecule has 0 spiro atoms. The van der Waals surface area contributed by atoms with E-state index < -0.39 is 23.8 Å². The highest BCUT2D eigenvalue weighted by atomic mass is 16.6. The van der Waals surface area contributed by atoms with E-state index in [0.717, 1.165) is 60.7 Å². The lowest BCUT2D eigenvalue weighted by atomic mass is 9.45. The summed E-state index contributed by atoms with van der Waals surface area (Å²) in [6, 6.07) is 6.44. The third kappa shape index (κ3) is 5.73. The fraction of sp³-hybridized carbons (Fsp3) is 0.647. The van der Waals surface area contributed by atoms with E-state index in [1.807, 2.05) is 24.3 Å². The van der Waals surface area contributed by atoms with Gasteiger partial charge in [-0.3, -0.25) is 9.59 Å². The first kappa shape index (κ1) is 30.6. The van der Waals surface area contributed by atoms with Crippen molar-refractivity contribution in [2.45, 2.75) is 90.2 Å². The van der Waals surface area contributed by atoms with Crippen LogP contribution in [-0.4, -0.2) is 64.0 Å². The van der Waals surface area contributed by atoms with Crippen molar-refractivity contribution in [3.8, 4) is 0 Å². The number of aliphatic hydroxyl groups is 1. The average Bonchev–Trinajstić information content (AvgIpc) is 3.55. The van der Waals surface area contributed by atoms with Crippen molar-refractivity contribution in [1.29, 1.82) is 0 Å². The number of aromatic amines is 1. The Hall–Kier alpha value is -3.40. The van der Waals surface area contributed by atoms with E-state index >= 15 is 0 Å². The highest BCUT2D eigenvalue weighted by Gasteiger charge is 2.59. The summed E-state index contributed by atoms with van der Waals surface area (Å²) >= 11 is 0. The van der Waals surface area contributed by atoms with Crippen molar-refractivity contribution < 1.29 is 29.4 Å². The van der Waals surface area contributed by atoms with Gasteiger partial charge in [-0.1, -0.05) is 37.2 Å². The number of rotatable bonds is 9. The van der Waals surface area contributed by atoms with Gasteiger partial charge in [0.2, 0.25) is 5.91 Å². The Morgan fingerprint density at radius 2 is 1.84 bits per heavy atom. The predicted molar refractivity (Wildman–Crippen MR) is 166 cm³/mol. The number of nitrogens with zero attached hydrogens (tertiary/aromatic N) is 1. The molecule has 1 aromatic heterocycles. The maximum Gasteiger partial charge on any atom is 0.326 e. The normalized spacial score (nSPS) is 34.4. The van der Waals surface area contributed by atoms with Crippen LogP contribution in [0.1, 0.15) is 77.2 Å². The van der Waals surface area contributed by atoms with E-state index in [4.69, 9.17) is 4.84 Å². The molecule has 6 rings (SSSR count). The van der Waals surface area contributed by atoms with Gasteiger partial charge < -0.3 is 30.7 Å². The van der Waals surface area contributed by atoms with Crippen LogP contribution in [0.2, 0.25) is 0 Å². The van der Waals surface area contributed by atoms with Gasteiger partial charge in [-0.15, -0.1) is 0 Å². The molecule has 8 atom stereocenters. The Bertz CT molecular complexity index is 1440. The molecule has 4 aliphatic carbocycles. The molecule has 0 unspecified atom stereocenters. The van der Waals surface area contributed by atoms with Crippen LogP contribution in [0.25, 0.3) is 10.9 Å². The number of para-hydroxylation sites is 1. The maximum absolute atomic E-state index is 12.5. The summed E-state index contributed by atoms with van der Waals surface area (Å²) in [5.41, 5.74) is 3.05. The Morgan fingerprint density at radius 3 is 2.66 bits per heavy atom. The fourth-order valence-electron chi connectivity index (χ4n) is 9.49. The second kappa shape index (κ2) is 12.2. The van der Waals surface area contributed by atoms with Crippen molar-refractivity contribution in [2.24, 2.45) is 39.7 Å². The molecule has 2 aromatic rings. The number of carbonyl (C=O) groups is 3. The molecule has 5 N–H and O–H groups in total. The molecule has 4 aliphatic rings. The summed E-state index contributed by atoms with van der Waals surface area (Å²) in [7, 11) is 0. The standard InChI is InChI=1S/C34H46N4O6/c1-33-13-11-22(16-21(33)7-8-24-25-9-10-29(39)34(25,2)14-12-26(24)33)38-44-19-31(41)36-18-30(40)37-28(32(42)43)15-20-17-35-27-6-4-3-5-23(20)27/h3-6,17,21,24-26,28-29,35,39H,7-16,18-19H2,1-2H3,(H,36,41)(H,37,40)(H,42,43)/b38-22+/t21-,24-,25-,26-,28+,29+,33-,34-/m0/s1. The van der Waals surface area contributed by atoms with E-state index in [2.05, 4.69) is 34.6 Å². The zero-order valence-corrected chi connectivity index (χ0v) is 25.8. The van der Waals surface area contributed by atoms with Crippen molar-refractivity contribution in [2.75, 3.05) is 13.2 Å². The number of aliphatic carboxylic acids is 1. The van der Waals surface area contributed by atoms with Crippen molar-refractivity contribution in [3.63, 3.8) is 0 Å². The van der Waals surface area contributed by atoms with Crippen LogP contribution in [0, 0.1) is 34.5 Å². The zero-order chi connectivity index (χ0) is 31.1. The molecule has 4 saturated carbocycles. The number of aliphatic hydroxyl groups excluding tert-OH is 1. The third-order valence-electron chi connectivity index (χ3n) is 12.0. The molecule has 238 valence electrons. The number of carboxylic acid groups (broad SMARTS) is 1. The quantitative estimate of drug-likeness (QED) is 0.270. The highest BCUT2D eigenvalue weighted by molar-refractivity contribution is 5.89. The van der Waals surface area contributed by atoms with Crippen LogP contribution in [0.4, 0.5) is 0 Å². The van der Waals surface area contributed by atoms with Gasteiger partial charge in [-0.2, -0.15) is 0 Å². The van der Waals surface area contributed by atoms with Gasteiger partial charge in [-0.25, -0.2) is 4.79 Å².